The Hall–Kier alpha value is -1.93. The summed E-state index contributed by atoms with van der Waals surface area (Å²) in [4.78, 5) is 0. The fourth-order valence-corrected chi connectivity index (χ4v) is 5.37. The minimum Gasteiger partial charge on any atom is -0.493 e. The van der Waals surface area contributed by atoms with Crippen LogP contribution >= 0.6 is 23.2 Å². The van der Waals surface area contributed by atoms with Gasteiger partial charge in [-0.15, -0.1) is 0 Å². The fourth-order valence-electron chi connectivity index (χ4n) is 5.07. The van der Waals surface area contributed by atoms with Crippen LogP contribution in [0.2, 0.25) is 10.0 Å². The van der Waals surface area contributed by atoms with Crippen LogP contribution in [0.1, 0.15) is 50.7 Å². The maximum Gasteiger partial charge on any atom is 0.160 e. The van der Waals surface area contributed by atoms with Crippen LogP contribution in [0.3, 0.4) is 0 Å². The summed E-state index contributed by atoms with van der Waals surface area (Å²) in [7, 11) is 3.31. The molecule has 1 fully saturated rings. The van der Waals surface area contributed by atoms with E-state index in [0.717, 1.165) is 55.7 Å². The van der Waals surface area contributed by atoms with Crippen molar-refractivity contribution in [2.45, 2.75) is 57.4 Å². The van der Waals surface area contributed by atoms with E-state index in [2.05, 4.69) is 37.4 Å². The lowest BCUT2D eigenvalue weighted by molar-refractivity contribution is 0.201. The molecule has 1 saturated heterocycles. The molecule has 1 N–H and O–H groups in total. The molecule has 3 rings (SSSR count). The number of ether oxygens (including phenoxy) is 2. The first-order valence-electron chi connectivity index (χ1n) is 11.7. The standard InChI is InChI=1S/C27H34Cl2N2O2/c1-18(2)27(17-30,21-9-10-22(28)23(29)15-21)16-20-6-5-13-31-24(20)11-7-19-8-12-25(32-3)26(14-19)33-4/h8-10,12,14-15,18,20,24,31H,5-7,11,13,16H2,1-4H3. The molecule has 2 aromatic carbocycles. The largest absolute Gasteiger partial charge is 0.493 e. The number of piperidine rings is 1. The zero-order chi connectivity index (χ0) is 24.0. The van der Waals surface area contributed by atoms with Crippen LogP contribution in [0.15, 0.2) is 36.4 Å². The molecule has 3 unspecified atom stereocenters. The van der Waals surface area contributed by atoms with E-state index in [1.165, 1.54) is 5.56 Å². The topological polar surface area (TPSA) is 54.3 Å². The van der Waals surface area contributed by atoms with Crippen LogP contribution < -0.4 is 14.8 Å². The Kier molecular flexibility index (Phi) is 8.93. The van der Waals surface area contributed by atoms with Crippen molar-refractivity contribution >= 4 is 23.2 Å². The lowest BCUT2D eigenvalue weighted by Crippen LogP contribution is -2.45. The van der Waals surface area contributed by atoms with Crippen LogP contribution in [0.4, 0.5) is 0 Å². The van der Waals surface area contributed by atoms with Gasteiger partial charge in [0.1, 0.15) is 0 Å². The van der Waals surface area contributed by atoms with Gasteiger partial charge in [0.25, 0.3) is 0 Å². The molecule has 1 aliphatic heterocycles. The monoisotopic (exact) mass is 488 g/mol. The Morgan fingerprint density at radius 2 is 1.85 bits per heavy atom. The number of aryl methyl sites for hydroxylation is 1. The van der Waals surface area contributed by atoms with Gasteiger partial charge in [-0.3, -0.25) is 0 Å². The molecule has 0 radical (unpaired) electrons. The van der Waals surface area contributed by atoms with E-state index in [1.54, 1.807) is 20.3 Å². The van der Waals surface area contributed by atoms with Gasteiger partial charge in [-0.05, 0) is 85.9 Å². The maximum absolute atomic E-state index is 10.4. The van der Waals surface area contributed by atoms with Crippen molar-refractivity contribution in [2.75, 3.05) is 20.8 Å². The highest BCUT2D eigenvalue weighted by Crippen LogP contribution is 2.43. The smallest absolute Gasteiger partial charge is 0.160 e. The Morgan fingerprint density at radius 1 is 1.09 bits per heavy atom. The average Bonchev–Trinajstić information content (AvgIpc) is 2.83. The molecular weight excluding hydrogens is 455 g/mol. The molecule has 33 heavy (non-hydrogen) atoms. The molecule has 0 aliphatic carbocycles. The summed E-state index contributed by atoms with van der Waals surface area (Å²) in [6.45, 7) is 5.27. The van der Waals surface area contributed by atoms with Crippen molar-refractivity contribution in [3.63, 3.8) is 0 Å². The van der Waals surface area contributed by atoms with Gasteiger partial charge in [-0.2, -0.15) is 5.26 Å². The van der Waals surface area contributed by atoms with Crippen molar-refractivity contribution in [2.24, 2.45) is 11.8 Å². The maximum atomic E-state index is 10.4. The van der Waals surface area contributed by atoms with E-state index in [0.29, 0.717) is 22.0 Å². The summed E-state index contributed by atoms with van der Waals surface area (Å²) in [5, 5.41) is 15.2. The predicted molar refractivity (Wildman–Crippen MR) is 136 cm³/mol. The van der Waals surface area contributed by atoms with Crippen molar-refractivity contribution in [3.05, 3.63) is 57.6 Å². The summed E-state index contributed by atoms with van der Waals surface area (Å²) in [6.07, 6.45) is 4.96. The van der Waals surface area contributed by atoms with E-state index in [-0.39, 0.29) is 5.92 Å². The van der Waals surface area contributed by atoms with Gasteiger partial charge in [0.15, 0.2) is 11.5 Å². The first kappa shape index (κ1) is 25.7. The van der Waals surface area contributed by atoms with E-state index < -0.39 is 5.41 Å². The molecule has 4 nitrogen and oxygen atoms in total. The van der Waals surface area contributed by atoms with Gasteiger partial charge < -0.3 is 14.8 Å². The Balaban J connectivity index is 1.80. The number of benzene rings is 2. The molecule has 3 atom stereocenters. The van der Waals surface area contributed by atoms with Gasteiger partial charge in [0, 0.05) is 6.04 Å². The second-order valence-electron chi connectivity index (χ2n) is 9.26. The predicted octanol–water partition coefficient (Wildman–Crippen LogP) is 6.82. The normalized spacial score (nSPS) is 20.2. The fraction of sp³-hybridized carbons (Fsp3) is 0.519. The molecule has 178 valence electrons. The second kappa shape index (κ2) is 11.5. The summed E-state index contributed by atoms with van der Waals surface area (Å²) in [6, 6.07) is 14.8. The molecule has 0 amide bonds. The number of hydrogen-bond acceptors (Lipinski definition) is 4. The highest BCUT2D eigenvalue weighted by molar-refractivity contribution is 6.42. The van der Waals surface area contributed by atoms with Crippen LogP contribution in [-0.4, -0.2) is 26.8 Å². The molecule has 0 bridgehead atoms. The Bertz CT molecular complexity index is 989. The highest BCUT2D eigenvalue weighted by Gasteiger charge is 2.41. The van der Waals surface area contributed by atoms with Crippen molar-refractivity contribution in [1.29, 1.82) is 5.26 Å². The average molecular weight is 489 g/mol. The number of nitriles is 1. The number of nitrogens with zero attached hydrogens (tertiary/aromatic N) is 1. The van der Waals surface area contributed by atoms with Crippen molar-refractivity contribution in [3.8, 4) is 17.6 Å². The highest BCUT2D eigenvalue weighted by atomic mass is 35.5. The number of halogens is 2. The van der Waals surface area contributed by atoms with Gasteiger partial charge >= 0.3 is 0 Å². The molecule has 1 heterocycles. The lowest BCUT2D eigenvalue weighted by atomic mass is 9.65. The molecule has 0 aromatic heterocycles. The van der Waals surface area contributed by atoms with Gasteiger partial charge in [0.05, 0.1) is 35.7 Å². The number of hydrogen-bond donors (Lipinski definition) is 1. The molecule has 2 aromatic rings. The number of rotatable bonds is 9. The van der Waals surface area contributed by atoms with E-state index in [4.69, 9.17) is 32.7 Å². The van der Waals surface area contributed by atoms with Crippen LogP contribution in [-0.2, 0) is 11.8 Å². The van der Waals surface area contributed by atoms with E-state index in [1.807, 2.05) is 18.2 Å². The van der Waals surface area contributed by atoms with Crippen molar-refractivity contribution < 1.29 is 9.47 Å². The number of methoxy groups -OCH3 is 2. The molecular formula is C27H34Cl2N2O2. The minimum absolute atomic E-state index is 0.146. The SMILES string of the molecule is COc1ccc(CCC2NCCCC2CC(C#N)(c2ccc(Cl)c(Cl)c2)C(C)C)cc1OC. The number of nitrogens with one attached hydrogen (secondary N) is 1. The third-order valence-electron chi connectivity index (χ3n) is 7.12. The van der Waals surface area contributed by atoms with Gasteiger partial charge in [-0.1, -0.05) is 49.2 Å². The molecule has 0 spiro atoms. The summed E-state index contributed by atoms with van der Waals surface area (Å²) >= 11 is 12.5. The van der Waals surface area contributed by atoms with E-state index >= 15 is 0 Å². The minimum atomic E-state index is -0.612. The van der Waals surface area contributed by atoms with Crippen LogP contribution in [0, 0.1) is 23.2 Å². The third kappa shape index (κ3) is 5.77. The summed E-state index contributed by atoms with van der Waals surface area (Å²) in [5.41, 5.74) is 1.57. The summed E-state index contributed by atoms with van der Waals surface area (Å²) in [5.74, 6) is 2.04. The first-order valence-corrected chi connectivity index (χ1v) is 12.4. The zero-order valence-electron chi connectivity index (χ0n) is 20.0. The molecule has 1 aliphatic rings. The quantitative estimate of drug-likeness (QED) is 0.420. The molecule has 6 heteroatoms. The third-order valence-corrected chi connectivity index (χ3v) is 7.86. The summed E-state index contributed by atoms with van der Waals surface area (Å²) < 4.78 is 10.8. The second-order valence-corrected chi connectivity index (χ2v) is 10.1. The first-order chi connectivity index (χ1) is 15.8. The molecule has 0 saturated carbocycles. The van der Waals surface area contributed by atoms with Crippen LogP contribution in [0.25, 0.3) is 0 Å². The van der Waals surface area contributed by atoms with Crippen molar-refractivity contribution in [1.82, 2.24) is 5.32 Å². The zero-order valence-corrected chi connectivity index (χ0v) is 21.5. The van der Waals surface area contributed by atoms with Gasteiger partial charge in [-0.25, -0.2) is 0 Å². The van der Waals surface area contributed by atoms with Gasteiger partial charge in [0.2, 0.25) is 0 Å². The Morgan fingerprint density at radius 3 is 2.48 bits per heavy atom. The van der Waals surface area contributed by atoms with Crippen LogP contribution in [0.5, 0.6) is 11.5 Å². The lowest BCUT2D eigenvalue weighted by Gasteiger charge is -2.40. The van der Waals surface area contributed by atoms with E-state index in [9.17, 15) is 5.26 Å². The Labute approximate surface area is 208 Å².